The molecule has 0 aliphatic rings. The zero-order chi connectivity index (χ0) is 12.7. The van der Waals surface area contributed by atoms with Gasteiger partial charge in [0.2, 0.25) is 0 Å². The third-order valence-corrected chi connectivity index (χ3v) is 2.20. The van der Waals surface area contributed by atoms with Crippen LogP contribution in [0.5, 0.6) is 0 Å². The van der Waals surface area contributed by atoms with Gasteiger partial charge < -0.3 is 15.2 Å². The smallest absolute Gasteiger partial charge is 0.337 e. The molecule has 0 spiro atoms. The summed E-state index contributed by atoms with van der Waals surface area (Å²) < 4.78 is 18.0. The summed E-state index contributed by atoms with van der Waals surface area (Å²) in [6.45, 7) is 3.78. The Balaban J connectivity index is 2.55. The van der Waals surface area contributed by atoms with Crippen LogP contribution in [0.1, 0.15) is 23.7 Å². The molecule has 0 unspecified atom stereocenters. The summed E-state index contributed by atoms with van der Waals surface area (Å²) in [7, 11) is 0. The van der Waals surface area contributed by atoms with Crippen molar-refractivity contribution in [1.29, 1.82) is 0 Å². The number of carbonyl (C=O) groups is 1. The van der Waals surface area contributed by atoms with E-state index in [4.69, 9.17) is 9.84 Å². The summed E-state index contributed by atoms with van der Waals surface area (Å²) in [6.07, 6.45) is 0.768. The number of rotatable bonds is 7. The average Bonchev–Trinajstić information content (AvgIpc) is 2.30. The number of hydrogen-bond acceptors (Lipinski definition) is 3. The number of carboxylic acids is 1. The Kier molecular flexibility index (Phi) is 5.42. The van der Waals surface area contributed by atoms with Gasteiger partial charge in [-0.05, 0) is 31.5 Å². The Hall–Kier alpha value is -1.62. The second-order valence-electron chi connectivity index (χ2n) is 3.47. The largest absolute Gasteiger partial charge is 0.478 e. The van der Waals surface area contributed by atoms with Crippen molar-refractivity contribution < 1.29 is 19.0 Å². The van der Waals surface area contributed by atoms with Gasteiger partial charge in [0.25, 0.3) is 0 Å². The maximum atomic E-state index is 12.9. The van der Waals surface area contributed by atoms with Gasteiger partial charge in [-0.1, -0.05) is 0 Å². The van der Waals surface area contributed by atoms with E-state index in [2.05, 4.69) is 5.32 Å². The van der Waals surface area contributed by atoms with Crippen LogP contribution in [0.3, 0.4) is 0 Å². The standard InChI is InChI=1S/C12H16FNO3/c1-2-17-7-3-6-14-11-5-4-9(13)8-10(11)12(15)16/h4-5,8,14H,2-3,6-7H2,1H3,(H,15,16). The van der Waals surface area contributed by atoms with Gasteiger partial charge in [0, 0.05) is 25.4 Å². The molecule has 0 atom stereocenters. The zero-order valence-corrected chi connectivity index (χ0v) is 9.70. The van der Waals surface area contributed by atoms with Gasteiger partial charge in [-0.25, -0.2) is 9.18 Å². The van der Waals surface area contributed by atoms with E-state index in [0.29, 0.717) is 25.4 Å². The van der Waals surface area contributed by atoms with E-state index >= 15 is 0 Å². The van der Waals surface area contributed by atoms with E-state index in [-0.39, 0.29) is 5.56 Å². The molecule has 4 nitrogen and oxygen atoms in total. The number of hydrogen-bond donors (Lipinski definition) is 2. The second kappa shape index (κ2) is 6.85. The topological polar surface area (TPSA) is 58.6 Å². The predicted molar refractivity (Wildman–Crippen MR) is 63.0 cm³/mol. The number of carboxylic acid groups (broad SMARTS) is 1. The summed E-state index contributed by atoms with van der Waals surface area (Å²) >= 11 is 0. The molecule has 0 radical (unpaired) electrons. The number of anilines is 1. The van der Waals surface area contributed by atoms with Crippen molar-refractivity contribution in [2.45, 2.75) is 13.3 Å². The van der Waals surface area contributed by atoms with Crippen LogP contribution in [0.25, 0.3) is 0 Å². The van der Waals surface area contributed by atoms with Crippen LogP contribution in [0, 0.1) is 5.82 Å². The van der Waals surface area contributed by atoms with Gasteiger partial charge in [-0.2, -0.15) is 0 Å². The summed E-state index contributed by atoms with van der Waals surface area (Å²) in [5, 5.41) is 11.9. The number of benzene rings is 1. The molecule has 0 aliphatic carbocycles. The minimum absolute atomic E-state index is 0.0543. The molecule has 0 saturated heterocycles. The van der Waals surface area contributed by atoms with Gasteiger partial charge >= 0.3 is 5.97 Å². The molecule has 0 heterocycles. The highest BCUT2D eigenvalue weighted by atomic mass is 19.1. The van der Waals surface area contributed by atoms with Crippen molar-refractivity contribution in [1.82, 2.24) is 0 Å². The fourth-order valence-corrected chi connectivity index (χ4v) is 1.39. The van der Waals surface area contributed by atoms with Crippen molar-refractivity contribution >= 4 is 11.7 Å². The molecular formula is C12H16FNO3. The molecule has 0 fully saturated rings. The van der Waals surface area contributed by atoms with Gasteiger partial charge in [0.05, 0.1) is 5.56 Å². The van der Waals surface area contributed by atoms with Crippen LogP contribution in [-0.2, 0) is 4.74 Å². The lowest BCUT2D eigenvalue weighted by Gasteiger charge is -2.09. The molecule has 0 bridgehead atoms. The first-order chi connectivity index (χ1) is 8.15. The first kappa shape index (κ1) is 13.4. The summed E-state index contributed by atoms with van der Waals surface area (Å²) in [6, 6.07) is 3.67. The Labute approximate surface area is 99.4 Å². The number of nitrogens with one attached hydrogen (secondary N) is 1. The summed E-state index contributed by atoms with van der Waals surface area (Å²) in [5.74, 6) is -1.70. The van der Waals surface area contributed by atoms with E-state index in [1.807, 2.05) is 6.92 Å². The lowest BCUT2D eigenvalue weighted by atomic mass is 10.1. The van der Waals surface area contributed by atoms with Crippen molar-refractivity contribution in [2.24, 2.45) is 0 Å². The molecule has 17 heavy (non-hydrogen) atoms. The lowest BCUT2D eigenvalue weighted by Crippen LogP contribution is -2.10. The van der Waals surface area contributed by atoms with E-state index in [1.54, 1.807) is 0 Å². The third kappa shape index (κ3) is 4.40. The SMILES string of the molecule is CCOCCCNc1ccc(F)cc1C(=O)O. The quantitative estimate of drug-likeness (QED) is 0.719. The van der Waals surface area contributed by atoms with Crippen LogP contribution in [0.2, 0.25) is 0 Å². The Bertz CT molecular complexity index is 382. The highest BCUT2D eigenvalue weighted by Crippen LogP contribution is 2.16. The molecule has 0 amide bonds. The maximum absolute atomic E-state index is 12.9. The molecule has 1 rings (SSSR count). The predicted octanol–water partition coefficient (Wildman–Crippen LogP) is 2.36. The summed E-state index contributed by atoms with van der Waals surface area (Å²) in [5.41, 5.74) is 0.372. The molecule has 2 N–H and O–H groups in total. The normalized spacial score (nSPS) is 10.2. The van der Waals surface area contributed by atoms with Gasteiger partial charge in [-0.3, -0.25) is 0 Å². The lowest BCUT2D eigenvalue weighted by molar-refractivity contribution is 0.0697. The van der Waals surface area contributed by atoms with Crippen LogP contribution >= 0.6 is 0 Å². The molecule has 5 heteroatoms. The van der Waals surface area contributed by atoms with Crippen molar-refractivity contribution in [2.75, 3.05) is 25.1 Å². The van der Waals surface area contributed by atoms with Gasteiger partial charge in [0.1, 0.15) is 5.82 Å². The molecular weight excluding hydrogens is 225 g/mol. The van der Waals surface area contributed by atoms with Crippen LogP contribution in [0.4, 0.5) is 10.1 Å². The molecule has 0 aromatic heterocycles. The average molecular weight is 241 g/mol. The fraction of sp³-hybridized carbons (Fsp3) is 0.417. The number of aromatic carboxylic acids is 1. The van der Waals surface area contributed by atoms with Gasteiger partial charge in [0.15, 0.2) is 0 Å². The maximum Gasteiger partial charge on any atom is 0.337 e. The van der Waals surface area contributed by atoms with E-state index in [0.717, 1.165) is 12.5 Å². The van der Waals surface area contributed by atoms with E-state index in [1.165, 1.54) is 12.1 Å². The van der Waals surface area contributed by atoms with E-state index < -0.39 is 11.8 Å². The number of halogens is 1. The molecule has 94 valence electrons. The summed E-state index contributed by atoms with van der Waals surface area (Å²) in [4.78, 5) is 10.9. The molecule has 0 aliphatic heterocycles. The Morgan fingerprint density at radius 1 is 1.53 bits per heavy atom. The van der Waals surface area contributed by atoms with E-state index in [9.17, 15) is 9.18 Å². The minimum atomic E-state index is -1.14. The van der Waals surface area contributed by atoms with Crippen LogP contribution in [-0.4, -0.2) is 30.8 Å². The first-order valence-corrected chi connectivity index (χ1v) is 5.49. The third-order valence-electron chi connectivity index (χ3n) is 2.20. The van der Waals surface area contributed by atoms with Crippen molar-refractivity contribution in [3.8, 4) is 0 Å². The number of ether oxygens (including phenoxy) is 1. The Morgan fingerprint density at radius 2 is 2.29 bits per heavy atom. The van der Waals surface area contributed by atoms with Crippen LogP contribution in [0.15, 0.2) is 18.2 Å². The molecule has 1 aromatic rings. The molecule has 0 saturated carbocycles. The molecule has 1 aromatic carbocycles. The van der Waals surface area contributed by atoms with Crippen molar-refractivity contribution in [3.63, 3.8) is 0 Å². The highest BCUT2D eigenvalue weighted by molar-refractivity contribution is 5.94. The van der Waals surface area contributed by atoms with Crippen molar-refractivity contribution in [3.05, 3.63) is 29.6 Å². The first-order valence-electron chi connectivity index (χ1n) is 5.49. The van der Waals surface area contributed by atoms with Crippen LogP contribution < -0.4 is 5.32 Å². The second-order valence-corrected chi connectivity index (χ2v) is 3.47. The highest BCUT2D eigenvalue weighted by Gasteiger charge is 2.10. The minimum Gasteiger partial charge on any atom is -0.478 e. The fourth-order valence-electron chi connectivity index (χ4n) is 1.39. The zero-order valence-electron chi connectivity index (χ0n) is 9.70. The monoisotopic (exact) mass is 241 g/mol. The van der Waals surface area contributed by atoms with Gasteiger partial charge in [-0.15, -0.1) is 0 Å². The Morgan fingerprint density at radius 3 is 2.94 bits per heavy atom.